The summed E-state index contributed by atoms with van der Waals surface area (Å²) >= 11 is 0. The van der Waals surface area contributed by atoms with Crippen molar-refractivity contribution >= 4 is 11.7 Å². The minimum absolute atomic E-state index is 0.259. The molecule has 1 aliphatic heterocycles. The van der Waals surface area contributed by atoms with Gasteiger partial charge in [0.1, 0.15) is 0 Å². The molecular formula is C31H38N2O3. The zero-order valence-corrected chi connectivity index (χ0v) is 22.3. The van der Waals surface area contributed by atoms with Gasteiger partial charge in [0.2, 0.25) is 0 Å². The van der Waals surface area contributed by atoms with Crippen molar-refractivity contribution in [1.82, 2.24) is 4.98 Å². The summed E-state index contributed by atoms with van der Waals surface area (Å²) in [7, 11) is 0. The molecule has 5 nitrogen and oxygen atoms in total. The Morgan fingerprint density at radius 2 is 1.56 bits per heavy atom. The van der Waals surface area contributed by atoms with Crippen LogP contribution in [-0.4, -0.2) is 34.8 Å². The topological polar surface area (TPSA) is 62.7 Å². The highest BCUT2D eigenvalue weighted by molar-refractivity contribution is 5.92. The maximum absolute atomic E-state index is 12.6. The number of piperidine rings is 1. The van der Waals surface area contributed by atoms with Crippen molar-refractivity contribution in [2.24, 2.45) is 5.41 Å². The molecule has 1 saturated heterocycles. The number of anilines is 1. The SMILES string of the molecule is Cc1ncc(-c2ccccc2-c2ccccc2)c(N2CCC(C)(C)CC2)c1C(OC(C)(C)C)C(=O)O. The number of benzene rings is 2. The lowest BCUT2D eigenvalue weighted by molar-refractivity contribution is -0.160. The maximum atomic E-state index is 12.6. The average Bonchev–Trinajstić information content (AvgIpc) is 2.83. The molecule has 0 aliphatic carbocycles. The van der Waals surface area contributed by atoms with E-state index >= 15 is 0 Å². The smallest absolute Gasteiger partial charge is 0.337 e. The monoisotopic (exact) mass is 486 g/mol. The highest BCUT2D eigenvalue weighted by atomic mass is 16.5. The molecule has 0 bridgehead atoms. The molecule has 0 saturated carbocycles. The zero-order chi connectivity index (χ0) is 26.1. The molecule has 1 unspecified atom stereocenters. The number of pyridine rings is 1. The highest BCUT2D eigenvalue weighted by Gasteiger charge is 2.36. The van der Waals surface area contributed by atoms with Crippen LogP contribution in [0, 0.1) is 12.3 Å². The molecular weight excluding hydrogens is 448 g/mol. The number of nitrogens with zero attached hydrogens (tertiary/aromatic N) is 2. The number of hydrogen-bond acceptors (Lipinski definition) is 4. The summed E-state index contributed by atoms with van der Waals surface area (Å²) in [4.78, 5) is 19.7. The van der Waals surface area contributed by atoms with Gasteiger partial charge in [-0.2, -0.15) is 0 Å². The first kappa shape index (κ1) is 25.9. The second-order valence-corrected chi connectivity index (χ2v) is 11.5. The zero-order valence-electron chi connectivity index (χ0n) is 22.3. The molecule has 3 aromatic rings. The molecule has 1 N–H and O–H groups in total. The van der Waals surface area contributed by atoms with Gasteiger partial charge in [0.15, 0.2) is 6.10 Å². The van der Waals surface area contributed by atoms with Crippen molar-refractivity contribution in [2.75, 3.05) is 18.0 Å². The van der Waals surface area contributed by atoms with Crippen LogP contribution in [0.1, 0.15) is 64.8 Å². The Balaban J connectivity index is 1.98. The molecule has 1 fully saturated rings. The van der Waals surface area contributed by atoms with Gasteiger partial charge < -0.3 is 14.7 Å². The second-order valence-electron chi connectivity index (χ2n) is 11.5. The minimum Gasteiger partial charge on any atom is -0.479 e. The first-order valence-corrected chi connectivity index (χ1v) is 12.8. The van der Waals surface area contributed by atoms with Gasteiger partial charge in [-0.15, -0.1) is 0 Å². The summed E-state index contributed by atoms with van der Waals surface area (Å²) in [6.45, 7) is 13.9. The number of carboxylic acid groups (broad SMARTS) is 1. The third-order valence-electron chi connectivity index (χ3n) is 6.98. The Bertz CT molecular complexity index is 1220. The van der Waals surface area contributed by atoms with Gasteiger partial charge in [0.05, 0.1) is 11.3 Å². The van der Waals surface area contributed by atoms with E-state index in [1.165, 1.54) is 0 Å². The van der Waals surface area contributed by atoms with Crippen molar-refractivity contribution < 1.29 is 14.6 Å². The first-order valence-electron chi connectivity index (χ1n) is 12.8. The van der Waals surface area contributed by atoms with E-state index in [0.717, 1.165) is 53.9 Å². The molecule has 2 aromatic carbocycles. The van der Waals surface area contributed by atoms with E-state index in [0.29, 0.717) is 11.3 Å². The number of aryl methyl sites for hydroxylation is 1. The van der Waals surface area contributed by atoms with E-state index in [1.807, 2.05) is 64.2 Å². The lowest BCUT2D eigenvalue weighted by atomic mass is 9.81. The Morgan fingerprint density at radius 1 is 0.972 bits per heavy atom. The molecule has 4 rings (SSSR count). The van der Waals surface area contributed by atoms with E-state index in [9.17, 15) is 9.90 Å². The van der Waals surface area contributed by atoms with Crippen LogP contribution in [-0.2, 0) is 9.53 Å². The third kappa shape index (κ3) is 5.62. The number of aliphatic carboxylic acids is 1. The van der Waals surface area contributed by atoms with Gasteiger partial charge in [0, 0.05) is 36.1 Å². The first-order chi connectivity index (χ1) is 17.0. The van der Waals surface area contributed by atoms with E-state index in [1.54, 1.807) is 0 Å². The molecule has 0 radical (unpaired) electrons. The third-order valence-corrected chi connectivity index (χ3v) is 6.98. The molecule has 1 aromatic heterocycles. The van der Waals surface area contributed by atoms with Crippen LogP contribution in [0.5, 0.6) is 0 Å². The Kier molecular flexibility index (Phi) is 7.24. The number of ether oxygens (including phenoxy) is 1. The van der Waals surface area contributed by atoms with Crippen LogP contribution in [0.15, 0.2) is 60.8 Å². The van der Waals surface area contributed by atoms with Crippen molar-refractivity contribution in [3.05, 3.63) is 72.1 Å². The summed E-state index contributed by atoms with van der Waals surface area (Å²) in [6.07, 6.45) is 2.86. The van der Waals surface area contributed by atoms with E-state index in [-0.39, 0.29) is 5.41 Å². The normalized spacial score (nSPS) is 16.6. The average molecular weight is 487 g/mol. The van der Waals surface area contributed by atoms with Crippen LogP contribution < -0.4 is 4.90 Å². The quantitative estimate of drug-likeness (QED) is 0.396. The molecule has 1 aliphatic rings. The fourth-order valence-corrected chi connectivity index (χ4v) is 4.97. The van der Waals surface area contributed by atoms with Crippen molar-refractivity contribution in [3.8, 4) is 22.3 Å². The lowest BCUT2D eigenvalue weighted by Gasteiger charge is -2.41. The van der Waals surface area contributed by atoms with Crippen molar-refractivity contribution in [3.63, 3.8) is 0 Å². The maximum Gasteiger partial charge on any atom is 0.337 e. The van der Waals surface area contributed by atoms with E-state index in [4.69, 9.17) is 9.72 Å². The molecule has 1 atom stereocenters. The van der Waals surface area contributed by atoms with Gasteiger partial charge in [0.25, 0.3) is 0 Å². The summed E-state index contributed by atoms with van der Waals surface area (Å²) in [5.74, 6) is -0.998. The van der Waals surface area contributed by atoms with E-state index in [2.05, 4.69) is 43.0 Å². The van der Waals surface area contributed by atoms with Gasteiger partial charge >= 0.3 is 5.97 Å². The minimum atomic E-state index is -1.12. The van der Waals surface area contributed by atoms with Gasteiger partial charge in [-0.25, -0.2) is 4.79 Å². The predicted octanol–water partition coefficient (Wildman–Crippen LogP) is 7.29. The summed E-state index contributed by atoms with van der Waals surface area (Å²) in [5, 5.41) is 10.3. The van der Waals surface area contributed by atoms with Crippen molar-refractivity contribution in [1.29, 1.82) is 0 Å². The highest BCUT2D eigenvalue weighted by Crippen LogP contribution is 2.45. The predicted molar refractivity (Wildman–Crippen MR) is 146 cm³/mol. The van der Waals surface area contributed by atoms with Crippen LogP contribution in [0.25, 0.3) is 22.3 Å². The molecule has 0 spiro atoms. The largest absolute Gasteiger partial charge is 0.479 e. The summed E-state index contributed by atoms with van der Waals surface area (Å²) in [5.41, 5.74) is 6.08. The Morgan fingerprint density at radius 3 is 2.14 bits per heavy atom. The van der Waals surface area contributed by atoms with E-state index < -0.39 is 17.7 Å². The van der Waals surface area contributed by atoms with Gasteiger partial charge in [-0.05, 0) is 62.6 Å². The fourth-order valence-electron chi connectivity index (χ4n) is 4.97. The van der Waals surface area contributed by atoms with Gasteiger partial charge in [-0.3, -0.25) is 4.98 Å². The van der Waals surface area contributed by atoms with Crippen molar-refractivity contribution in [2.45, 2.75) is 66.1 Å². The molecule has 2 heterocycles. The van der Waals surface area contributed by atoms with Crippen LogP contribution >= 0.6 is 0 Å². The molecule has 0 amide bonds. The Labute approximate surface area is 215 Å². The fraction of sp³-hybridized carbons (Fsp3) is 0.419. The number of carboxylic acids is 1. The number of hydrogen-bond donors (Lipinski definition) is 1. The number of carbonyl (C=O) groups is 1. The van der Waals surface area contributed by atoms with Crippen LogP contribution in [0.4, 0.5) is 5.69 Å². The van der Waals surface area contributed by atoms with Crippen LogP contribution in [0.2, 0.25) is 0 Å². The summed E-state index contributed by atoms with van der Waals surface area (Å²) < 4.78 is 6.18. The Hall–Kier alpha value is -3.18. The number of aromatic nitrogens is 1. The van der Waals surface area contributed by atoms with Gasteiger partial charge in [-0.1, -0.05) is 68.4 Å². The summed E-state index contributed by atoms with van der Waals surface area (Å²) in [6, 6.07) is 18.6. The molecule has 36 heavy (non-hydrogen) atoms. The second kappa shape index (κ2) is 10.1. The standard InChI is InChI=1S/C31H38N2O3/c1-21-26(28(29(34)35)36-30(2,3)4)27(33-18-16-31(5,6)17-19-33)25(20-32-21)24-15-11-10-14-23(24)22-12-8-7-9-13-22/h7-15,20,28H,16-19H2,1-6H3,(H,34,35). The number of rotatable bonds is 6. The lowest BCUT2D eigenvalue weighted by Crippen LogP contribution is -2.39. The van der Waals surface area contributed by atoms with Crippen LogP contribution in [0.3, 0.4) is 0 Å². The molecule has 190 valence electrons. The molecule has 5 heteroatoms.